The van der Waals surface area contributed by atoms with Crippen molar-refractivity contribution in [1.29, 1.82) is 0 Å². The second kappa shape index (κ2) is 5.76. The van der Waals surface area contributed by atoms with E-state index in [4.69, 9.17) is 0 Å². The predicted molar refractivity (Wildman–Crippen MR) is 82.7 cm³/mol. The number of nitrogens with zero attached hydrogens (tertiary/aromatic N) is 3. The Balaban J connectivity index is 1.82. The van der Waals surface area contributed by atoms with E-state index in [1.807, 2.05) is 18.5 Å². The van der Waals surface area contributed by atoms with Crippen LogP contribution < -0.4 is 0 Å². The van der Waals surface area contributed by atoms with Crippen molar-refractivity contribution < 1.29 is 4.79 Å². The molecule has 0 bridgehead atoms. The van der Waals surface area contributed by atoms with Gasteiger partial charge in [-0.3, -0.25) is 14.7 Å². The maximum Gasteiger partial charge on any atom is 0.219 e. The first kappa shape index (κ1) is 14.5. The number of piperidine rings is 2. The van der Waals surface area contributed by atoms with Gasteiger partial charge < -0.3 is 4.90 Å². The van der Waals surface area contributed by atoms with E-state index in [0.717, 1.165) is 38.9 Å². The van der Waals surface area contributed by atoms with Crippen LogP contribution in [0.3, 0.4) is 0 Å². The molecule has 0 radical (unpaired) electrons. The molecular formula is C17H25N3O. The Kier molecular flexibility index (Phi) is 3.98. The molecule has 0 saturated carbocycles. The summed E-state index contributed by atoms with van der Waals surface area (Å²) in [6.45, 7) is 6.99. The Bertz CT molecular complexity index is 504. The number of hydrogen-bond acceptors (Lipinski definition) is 3. The van der Waals surface area contributed by atoms with Gasteiger partial charge in [0.25, 0.3) is 0 Å². The lowest BCUT2D eigenvalue weighted by Crippen LogP contribution is -2.66. The van der Waals surface area contributed by atoms with Crippen molar-refractivity contribution in [2.75, 3.05) is 13.1 Å². The molecule has 0 aliphatic carbocycles. The molecule has 2 aliphatic heterocycles. The zero-order valence-corrected chi connectivity index (χ0v) is 13.1. The molecule has 2 saturated heterocycles. The fraction of sp³-hybridized carbons (Fsp3) is 0.647. The molecule has 2 fully saturated rings. The Labute approximate surface area is 127 Å². The van der Waals surface area contributed by atoms with Crippen molar-refractivity contribution in [2.24, 2.45) is 0 Å². The smallest absolute Gasteiger partial charge is 0.219 e. The number of amides is 1. The molecule has 114 valence electrons. The normalized spacial score (nSPS) is 30.0. The van der Waals surface area contributed by atoms with Crippen LogP contribution in [-0.4, -0.2) is 45.4 Å². The van der Waals surface area contributed by atoms with E-state index in [9.17, 15) is 4.79 Å². The minimum absolute atomic E-state index is 0.00451. The molecule has 0 unspecified atom stereocenters. The summed E-state index contributed by atoms with van der Waals surface area (Å²) in [4.78, 5) is 20.9. The van der Waals surface area contributed by atoms with Crippen LogP contribution >= 0.6 is 0 Å². The van der Waals surface area contributed by atoms with Crippen LogP contribution in [-0.2, 0) is 11.3 Å². The first-order valence-electron chi connectivity index (χ1n) is 8.02. The van der Waals surface area contributed by atoms with E-state index in [1.165, 1.54) is 12.0 Å². The lowest BCUT2D eigenvalue weighted by molar-refractivity contribution is -0.145. The van der Waals surface area contributed by atoms with Gasteiger partial charge in [0.2, 0.25) is 5.91 Å². The van der Waals surface area contributed by atoms with Crippen molar-refractivity contribution in [2.45, 2.75) is 57.7 Å². The van der Waals surface area contributed by atoms with Crippen molar-refractivity contribution in [3.63, 3.8) is 0 Å². The third-order valence-corrected chi connectivity index (χ3v) is 5.25. The summed E-state index contributed by atoms with van der Waals surface area (Å²) in [5.41, 5.74) is 1.27. The first-order chi connectivity index (χ1) is 10.1. The van der Waals surface area contributed by atoms with Crippen molar-refractivity contribution in [3.8, 4) is 0 Å². The van der Waals surface area contributed by atoms with E-state index in [-0.39, 0.29) is 11.4 Å². The minimum Gasteiger partial charge on any atom is -0.336 e. The number of fused-ring (bicyclic) bond motifs is 1. The van der Waals surface area contributed by atoms with E-state index >= 15 is 0 Å². The summed E-state index contributed by atoms with van der Waals surface area (Å²) in [7, 11) is 0. The lowest BCUT2D eigenvalue weighted by Gasteiger charge is -2.56. The molecule has 1 amide bonds. The first-order valence-corrected chi connectivity index (χ1v) is 8.02. The molecule has 3 rings (SSSR count). The van der Waals surface area contributed by atoms with Gasteiger partial charge in [0.05, 0.1) is 5.54 Å². The average molecular weight is 287 g/mol. The van der Waals surface area contributed by atoms with Crippen LogP contribution in [0.2, 0.25) is 0 Å². The zero-order valence-electron chi connectivity index (χ0n) is 13.1. The highest BCUT2D eigenvalue weighted by molar-refractivity contribution is 5.74. The number of hydrogen-bond donors (Lipinski definition) is 0. The molecule has 0 N–H and O–H groups in total. The van der Waals surface area contributed by atoms with Crippen LogP contribution in [0.4, 0.5) is 0 Å². The summed E-state index contributed by atoms with van der Waals surface area (Å²) >= 11 is 0. The standard InChI is InChI=1S/C17H25N3O/c1-14(21)20-11-4-7-16-17(20,2)8-5-10-19(16)13-15-6-3-9-18-12-15/h3,6,9,12,16H,4-5,7-8,10-11,13H2,1-2H3/t16-,17+/m1/s1. The highest BCUT2D eigenvalue weighted by Crippen LogP contribution is 2.39. The number of aromatic nitrogens is 1. The van der Waals surface area contributed by atoms with Gasteiger partial charge in [-0.05, 0) is 50.8 Å². The van der Waals surface area contributed by atoms with Gasteiger partial charge >= 0.3 is 0 Å². The molecule has 0 spiro atoms. The fourth-order valence-corrected chi connectivity index (χ4v) is 4.29. The van der Waals surface area contributed by atoms with Gasteiger partial charge in [0.1, 0.15) is 0 Å². The van der Waals surface area contributed by atoms with E-state index in [2.05, 4.69) is 27.8 Å². The second-order valence-electron chi connectivity index (χ2n) is 6.62. The van der Waals surface area contributed by atoms with Gasteiger partial charge in [0.15, 0.2) is 0 Å². The molecular weight excluding hydrogens is 262 g/mol. The van der Waals surface area contributed by atoms with Crippen LogP contribution in [0.1, 0.15) is 45.1 Å². The largest absolute Gasteiger partial charge is 0.336 e. The fourth-order valence-electron chi connectivity index (χ4n) is 4.29. The summed E-state index contributed by atoms with van der Waals surface area (Å²) in [5.74, 6) is 0.227. The third kappa shape index (κ3) is 2.69. The van der Waals surface area contributed by atoms with Crippen molar-refractivity contribution in [3.05, 3.63) is 30.1 Å². The van der Waals surface area contributed by atoms with Gasteiger partial charge in [0, 0.05) is 38.4 Å². The Morgan fingerprint density at radius 1 is 1.43 bits per heavy atom. The molecule has 4 nitrogen and oxygen atoms in total. The van der Waals surface area contributed by atoms with Crippen molar-refractivity contribution >= 4 is 5.91 Å². The van der Waals surface area contributed by atoms with Gasteiger partial charge in [-0.25, -0.2) is 0 Å². The average Bonchev–Trinajstić information content (AvgIpc) is 2.47. The molecule has 1 aromatic heterocycles. The number of pyridine rings is 1. The second-order valence-corrected chi connectivity index (χ2v) is 6.62. The molecule has 2 atom stereocenters. The van der Waals surface area contributed by atoms with Gasteiger partial charge in [-0.1, -0.05) is 6.07 Å². The highest BCUT2D eigenvalue weighted by atomic mass is 16.2. The number of likely N-dealkylation sites (tertiary alicyclic amines) is 2. The van der Waals surface area contributed by atoms with Gasteiger partial charge in [-0.15, -0.1) is 0 Å². The number of rotatable bonds is 2. The third-order valence-electron chi connectivity index (χ3n) is 5.25. The zero-order chi connectivity index (χ0) is 14.9. The van der Waals surface area contributed by atoms with Gasteiger partial charge in [-0.2, -0.15) is 0 Å². The molecule has 3 heterocycles. The number of carbonyl (C=O) groups excluding carboxylic acids is 1. The van der Waals surface area contributed by atoms with Crippen LogP contribution in [0.25, 0.3) is 0 Å². The molecule has 1 aromatic rings. The minimum atomic E-state index is 0.00451. The molecule has 2 aliphatic rings. The molecule has 0 aromatic carbocycles. The highest BCUT2D eigenvalue weighted by Gasteiger charge is 2.47. The van der Waals surface area contributed by atoms with Crippen LogP contribution in [0.5, 0.6) is 0 Å². The summed E-state index contributed by atoms with van der Waals surface area (Å²) in [5, 5.41) is 0. The SMILES string of the molecule is CC(=O)N1CCC[C@H]2N(Cc3cccnc3)CCC[C@@]21C. The van der Waals surface area contributed by atoms with E-state index in [0.29, 0.717) is 6.04 Å². The van der Waals surface area contributed by atoms with Crippen molar-refractivity contribution in [1.82, 2.24) is 14.8 Å². The lowest BCUT2D eigenvalue weighted by atomic mass is 9.76. The summed E-state index contributed by atoms with van der Waals surface area (Å²) in [6.07, 6.45) is 8.38. The Morgan fingerprint density at radius 3 is 3.00 bits per heavy atom. The Morgan fingerprint density at radius 2 is 2.29 bits per heavy atom. The topological polar surface area (TPSA) is 36.4 Å². The van der Waals surface area contributed by atoms with Crippen LogP contribution in [0, 0.1) is 0 Å². The van der Waals surface area contributed by atoms with E-state index < -0.39 is 0 Å². The van der Waals surface area contributed by atoms with Crippen LogP contribution in [0.15, 0.2) is 24.5 Å². The maximum absolute atomic E-state index is 12.0. The summed E-state index contributed by atoms with van der Waals surface area (Å²) in [6, 6.07) is 4.62. The monoisotopic (exact) mass is 287 g/mol. The Hall–Kier alpha value is -1.42. The maximum atomic E-state index is 12.0. The quantitative estimate of drug-likeness (QED) is 0.838. The number of carbonyl (C=O) groups is 1. The molecule has 4 heteroatoms. The summed E-state index contributed by atoms with van der Waals surface area (Å²) < 4.78 is 0. The predicted octanol–water partition coefficient (Wildman–Crippen LogP) is 2.45. The van der Waals surface area contributed by atoms with E-state index in [1.54, 1.807) is 6.92 Å². The molecule has 21 heavy (non-hydrogen) atoms.